The van der Waals surface area contributed by atoms with Gasteiger partial charge in [0.05, 0.1) is 0 Å². The average molecular weight is 250 g/mol. The van der Waals surface area contributed by atoms with Crippen LogP contribution in [-0.2, 0) is 0 Å². The quantitative estimate of drug-likeness (QED) is 0.528. The van der Waals surface area contributed by atoms with E-state index in [0.717, 1.165) is 0 Å². The molecular formula is C14H26N2Si. The molecule has 0 bridgehead atoms. The van der Waals surface area contributed by atoms with Gasteiger partial charge >= 0.3 is 0 Å². The van der Waals surface area contributed by atoms with Gasteiger partial charge in [-0.1, -0.05) is 12.2 Å². The fraction of sp³-hybridized carbons (Fsp3) is 0.714. The minimum atomic E-state index is -1.50. The molecule has 2 heterocycles. The van der Waals surface area contributed by atoms with Gasteiger partial charge in [-0.05, 0) is 64.0 Å². The van der Waals surface area contributed by atoms with Crippen molar-refractivity contribution in [2.75, 3.05) is 26.2 Å². The van der Waals surface area contributed by atoms with Crippen LogP contribution in [0.1, 0.15) is 25.7 Å². The number of allylic oxidation sites excluding steroid dienone is 2. The Bertz CT molecular complexity index is 237. The fourth-order valence-corrected chi connectivity index (χ4v) is 8.35. The first-order chi connectivity index (χ1) is 8.33. The summed E-state index contributed by atoms with van der Waals surface area (Å²) in [4.78, 5) is 0. The molecule has 17 heavy (non-hydrogen) atoms. The maximum Gasteiger partial charge on any atom is 0.214 e. The second-order valence-corrected chi connectivity index (χ2v) is 9.40. The Labute approximate surface area is 107 Å². The maximum atomic E-state index is 4.02. The summed E-state index contributed by atoms with van der Waals surface area (Å²) < 4.78 is 5.64. The molecule has 0 aromatic heterocycles. The second-order valence-electron chi connectivity index (χ2n) is 5.36. The molecule has 0 unspecified atom stereocenters. The fourth-order valence-electron chi connectivity index (χ4n) is 3.53. The molecule has 2 aliphatic heterocycles. The number of nitrogens with zero attached hydrogens (tertiary/aromatic N) is 2. The van der Waals surface area contributed by atoms with Crippen LogP contribution in [0.2, 0.25) is 12.1 Å². The predicted octanol–water partition coefficient (Wildman–Crippen LogP) is 2.99. The Morgan fingerprint density at radius 3 is 1.41 bits per heavy atom. The molecule has 2 nitrogen and oxygen atoms in total. The van der Waals surface area contributed by atoms with Gasteiger partial charge in [-0.3, -0.25) is 0 Å². The lowest BCUT2D eigenvalue weighted by Crippen LogP contribution is -2.63. The van der Waals surface area contributed by atoms with E-state index in [1.54, 1.807) is 0 Å². The van der Waals surface area contributed by atoms with Gasteiger partial charge in [0.1, 0.15) is 0 Å². The van der Waals surface area contributed by atoms with Crippen molar-refractivity contribution in [1.29, 1.82) is 0 Å². The molecule has 0 saturated carbocycles. The molecule has 0 aromatic carbocycles. The molecule has 3 heteroatoms. The molecule has 0 radical (unpaired) electrons. The number of rotatable bonds is 6. The van der Waals surface area contributed by atoms with Crippen LogP contribution in [0.25, 0.3) is 0 Å². The Morgan fingerprint density at radius 1 is 0.765 bits per heavy atom. The monoisotopic (exact) mass is 250 g/mol. The van der Waals surface area contributed by atoms with Gasteiger partial charge < -0.3 is 9.13 Å². The highest BCUT2D eigenvalue weighted by Gasteiger charge is 2.45. The third-order valence-electron chi connectivity index (χ3n) is 4.33. The Morgan fingerprint density at radius 2 is 1.12 bits per heavy atom. The second kappa shape index (κ2) is 5.98. The molecule has 2 fully saturated rings. The van der Waals surface area contributed by atoms with Crippen molar-refractivity contribution in [1.82, 2.24) is 9.13 Å². The van der Waals surface area contributed by atoms with Crippen molar-refractivity contribution in [3.8, 4) is 0 Å². The van der Waals surface area contributed by atoms with Crippen LogP contribution in [0, 0.1) is 0 Å². The van der Waals surface area contributed by atoms with E-state index in [0.29, 0.717) is 0 Å². The van der Waals surface area contributed by atoms with E-state index in [4.69, 9.17) is 0 Å². The van der Waals surface area contributed by atoms with Crippen LogP contribution in [0.5, 0.6) is 0 Å². The first kappa shape index (κ1) is 13.1. The summed E-state index contributed by atoms with van der Waals surface area (Å²) in [5, 5.41) is 0. The first-order valence-corrected chi connectivity index (χ1v) is 9.36. The minimum Gasteiger partial charge on any atom is -0.311 e. The molecule has 2 aliphatic rings. The van der Waals surface area contributed by atoms with Gasteiger partial charge in [0.2, 0.25) is 8.40 Å². The number of hydrogen-bond donors (Lipinski definition) is 0. The molecule has 0 N–H and O–H groups in total. The zero-order valence-electron chi connectivity index (χ0n) is 11.0. The summed E-state index contributed by atoms with van der Waals surface area (Å²) in [7, 11) is -1.50. The third kappa shape index (κ3) is 2.56. The Balaban J connectivity index is 2.21. The molecule has 96 valence electrons. The lowest BCUT2D eigenvalue weighted by Gasteiger charge is -2.45. The highest BCUT2D eigenvalue weighted by Crippen LogP contribution is 2.32. The molecule has 2 saturated heterocycles. The molecule has 0 aromatic rings. The van der Waals surface area contributed by atoms with Crippen LogP contribution >= 0.6 is 0 Å². The van der Waals surface area contributed by atoms with Crippen LogP contribution < -0.4 is 0 Å². The maximum absolute atomic E-state index is 4.02. The lowest BCUT2D eigenvalue weighted by atomic mass is 10.4. The van der Waals surface area contributed by atoms with E-state index in [1.807, 2.05) is 0 Å². The zero-order valence-corrected chi connectivity index (χ0v) is 12.0. The van der Waals surface area contributed by atoms with Crippen molar-refractivity contribution >= 4 is 8.40 Å². The molecular weight excluding hydrogens is 224 g/mol. The van der Waals surface area contributed by atoms with E-state index in [-0.39, 0.29) is 0 Å². The summed E-state index contributed by atoms with van der Waals surface area (Å²) in [6, 6.07) is 2.41. The van der Waals surface area contributed by atoms with Crippen LogP contribution in [0.15, 0.2) is 25.3 Å². The van der Waals surface area contributed by atoms with Crippen LogP contribution in [0.3, 0.4) is 0 Å². The van der Waals surface area contributed by atoms with Gasteiger partial charge in [0, 0.05) is 0 Å². The van der Waals surface area contributed by atoms with Crippen molar-refractivity contribution in [3.05, 3.63) is 25.3 Å². The minimum absolute atomic E-state index is 1.21. The van der Waals surface area contributed by atoms with E-state index in [2.05, 4.69) is 34.4 Å². The normalized spacial score (nSPS) is 23.1. The average Bonchev–Trinajstić information content (AvgIpc) is 3.02. The lowest BCUT2D eigenvalue weighted by molar-refractivity contribution is 0.397. The van der Waals surface area contributed by atoms with Gasteiger partial charge in [-0.15, -0.1) is 13.2 Å². The molecule has 0 amide bonds. The van der Waals surface area contributed by atoms with E-state index in [9.17, 15) is 0 Å². The highest BCUT2D eigenvalue weighted by molar-refractivity contribution is 6.75. The summed E-state index contributed by atoms with van der Waals surface area (Å²) in [6.07, 6.45) is 9.86. The standard InChI is InChI=1S/C14H26N2Si/c1-3-13-17(14-4-2,15-9-5-6-10-15)16-11-7-8-12-16/h3-4H,1-2,5-14H2. The van der Waals surface area contributed by atoms with Gasteiger partial charge in [-0.2, -0.15) is 0 Å². The Kier molecular flexibility index (Phi) is 4.60. The Hall–Kier alpha value is -0.383. The van der Waals surface area contributed by atoms with Crippen LogP contribution in [-0.4, -0.2) is 43.7 Å². The van der Waals surface area contributed by atoms with Gasteiger partial charge in [-0.25, -0.2) is 0 Å². The summed E-state index contributed by atoms with van der Waals surface area (Å²) in [5.41, 5.74) is 0. The largest absolute Gasteiger partial charge is 0.311 e. The summed E-state index contributed by atoms with van der Waals surface area (Å²) in [6.45, 7) is 13.3. The van der Waals surface area contributed by atoms with E-state index < -0.39 is 8.40 Å². The number of hydrogen-bond acceptors (Lipinski definition) is 2. The van der Waals surface area contributed by atoms with Crippen molar-refractivity contribution in [3.63, 3.8) is 0 Å². The summed E-state index contributed by atoms with van der Waals surface area (Å²) >= 11 is 0. The topological polar surface area (TPSA) is 6.48 Å². The highest BCUT2D eigenvalue weighted by atomic mass is 28.3. The molecule has 0 atom stereocenters. The summed E-state index contributed by atoms with van der Waals surface area (Å²) in [5.74, 6) is 0. The first-order valence-electron chi connectivity index (χ1n) is 7.05. The molecule has 2 rings (SSSR count). The molecule has 0 spiro atoms. The smallest absolute Gasteiger partial charge is 0.214 e. The SMILES string of the molecule is C=CC[Si](CC=C)(N1CCCC1)N1CCCC1. The van der Waals surface area contributed by atoms with Gasteiger partial charge in [0.25, 0.3) is 0 Å². The van der Waals surface area contributed by atoms with Crippen molar-refractivity contribution in [2.45, 2.75) is 37.8 Å². The molecule has 0 aliphatic carbocycles. The van der Waals surface area contributed by atoms with E-state index >= 15 is 0 Å². The van der Waals surface area contributed by atoms with Crippen LogP contribution in [0.4, 0.5) is 0 Å². The zero-order chi connectivity index (χ0) is 12.1. The third-order valence-corrected chi connectivity index (χ3v) is 9.47. The van der Waals surface area contributed by atoms with Gasteiger partial charge in [0.15, 0.2) is 0 Å². The van der Waals surface area contributed by atoms with E-state index in [1.165, 1.54) is 64.0 Å². The van der Waals surface area contributed by atoms with Crippen molar-refractivity contribution < 1.29 is 0 Å². The predicted molar refractivity (Wildman–Crippen MR) is 77.4 cm³/mol. The van der Waals surface area contributed by atoms with Crippen molar-refractivity contribution in [2.24, 2.45) is 0 Å².